The Labute approximate surface area is 170 Å². The summed E-state index contributed by atoms with van der Waals surface area (Å²) in [5.74, 6) is 0.897. The average molecular weight is 486 g/mol. The lowest BCUT2D eigenvalue weighted by atomic mass is 10.2. The van der Waals surface area contributed by atoms with Gasteiger partial charge in [0, 0.05) is 41.2 Å². The SMILES string of the molecule is Cc1cc(CN2CCN(C(C)C(=O)Nc3ccc(Br)cc3Br)CC2)on1. The molecule has 0 radical (unpaired) electrons. The number of nitrogens with zero attached hydrogens (tertiary/aromatic N) is 3. The van der Waals surface area contributed by atoms with Gasteiger partial charge in [0.05, 0.1) is 24.0 Å². The summed E-state index contributed by atoms with van der Waals surface area (Å²) in [5, 5.41) is 6.93. The third-order valence-corrected chi connectivity index (χ3v) is 5.73. The Morgan fingerprint density at radius 1 is 1.27 bits per heavy atom. The number of hydrogen-bond acceptors (Lipinski definition) is 5. The van der Waals surface area contributed by atoms with Crippen molar-refractivity contribution in [3.05, 3.63) is 44.7 Å². The first-order valence-corrected chi connectivity index (χ1v) is 10.2. The molecule has 1 aliphatic heterocycles. The van der Waals surface area contributed by atoms with Gasteiger partial charge in [-0.3, -0.25) is 14.6 Å². The molecule has 0 bridgehead atoms. The van der Waals surface area contributed by atoms with Crippen LogP contribution in [0.5, 0.6) is 0 Å². The van der Waals surface area contributed by atoms with Gasteiger partial charge in [0.2, 0.25) is 5.91 Å². The van der Waals surface area contributed by atoms with Crippen molar-refractivity contribution in [2.24, 2.45) is 0 Å². The summed E-state index contributed by atoms with van der Waals surface area (Å²) >= 11 is 6.90. The number of carbonyl (C=O) groups is 1. The van der Waals surface area contributed by atoms with Crippen molar-refractivity contribution in [2.45, 2.75) is 26.4 Å². The number of hydrogen-bond donors (Lipinski definition) is 1. The molecule has 1 atom stereocenters. The monoisotopic (exact) mass is 484 g/mol. The molecule has 1 aromatic carbocycles. The first kappa shape index (κ1) is 19.5. The quantitative estimate of drug-likeness (QED) is 0.700. The van der Waals surface area contributed by atoms with Crippen molar-refractivity contribution >= 4 is 43.5 Å². The highest BCUT2D eigenvalue weighted by atomic mass is 79.9. The maximum absolute atomic E-state index is 12.6. The molecule has 2 heterocycles. The van der Waals surface area contributed by atoms with Gasteiger partial charge in [0.25, 0.3) is 0 Å². The molecule has 1 saturated heterocycles. The van der Waals surface area contributed by atoms with Crippen LogP contribution in [-0.2, 0) is 11.3 Å². The van der Waals surface area contributed by atoms with Gasteiger partial charge in [-0.15, -0.1) is 0 Å². The summed E-state index contributed by atoms with van der Waals surface area (Å²) in [6, 6.07) is 7.51. The Morgan fingerprint density at radius 3 is 2.62 bits per heavy atom. The molecule has 1 N–H and O–H groups in total. The summed E-state index contributed by atoms with van der Waals surface area (Å²) < 4.78 is 7.12. The zero-order valence-electron chi connectivity index (χ0n) is 14.8. The predicted molar refractivity (Wildman–Crippen MR) is 108 cm³/mol. The third kappa shape index (κ3) is 4.94. The van der Waals surface area contributed by atoms with Gasteiger partial charge < -0.3 is 9.84 Å². The topological polar surface area (TPSA) is 61.6 Å². The lowest BCUT2D eigenvalue weighted by Gasteiger charge is -2.37. The number of piperazine rings is 1. The van der Waals surface area contributed by atoms with Gasteiger partial charge >= 0.3 is 0 Å². The number of aromatic nitrogens is 1. The van der Waals surface area contributed by atoms with E-state index in [0.29, 0.717) is 0 Å². The van der Waals surface area contributed by atoms with Crippen molar-refractivity contribution in [3.8, 4) is 0 Å². The molecule has 0 spiro atoms. The van der Waals surface area contributed by atoms with Crippen molar-refractivity contribution in [3.63, 3.8) is 0 Å². The van der Waals surface area contributed by atoms with Gasteiger partial charge in [0.15, 0.2) is 5.76 Å². The lowest BCUT2D eigenvalue weighted by molar-refractivity contribution is -0.121. The number of carbonyl (C=O) groups excluding carboxylic acids is 1. The van der Waals surface area contributed by atoms with Crippen molar-refractivity contribution < 1.29 is 9.32 Å². The molecule has 1 fully saturated rings. The number of amides is 1. The second-order valence-corrected chi connectivity index (χ2v) is 8.31. The molecular formula is C18H22Br2N4O2. The second kappa shape index (κ2) is 8.65. The second-order valence-electron chi connectivity index (χ2n) is 6.54. The van der Waals surface area contributed by atoms with E-state index in [9.17, 15) is 4.79 Å². The number of halogens is 2. The van der Waals surface area contributed by atoms with Gasteiger partial charge in [-0.2, -0.15) is 0 Å². The third-order valence-electron chi connectivity index (χ3n) is 4.58. The molecular weight excluding hydrogens is 464 g/mol. The molecule has 6 nitrogen and oxygen atoms in total. The first-order chi connectivity index (χ1) is 12.4. The van der Waals surface area contributed by atoms with Crippen LogP contribution in [0.4, 0.5) is 5.69 Å². The van der Waals surface area contributed by atoms with Crippen LogP contribution in [0.3, 0.4) is 0 Å². The van der Waals surface area contributed by atoms with E-state index in [0.717, 1.165) is 58.8 Å². The number of rotatable bonds is 5. The van der Waals surface area contributed by atoms with Crippen LogP contribution >= 0.6 is 31.9 Å². The van der Waals surface area contributed by atoms with E-state index in [2.05, 4.69) is 52.1 Å². The fourth-order valence-electron chi connectivity index (χ4n) is 3.01. The highest BCUT2D eigenvalue weighted by molar-refractivity contribution is 9.11. The Hall–Kier alpha value is -1.22. The van der Waals surface area contributed by atoms with Gasteiger partial charge in [-0.1, -0.05) is 21.1 Å². The summed E-state index contributed by atoms with van der Waals surface area (Å²) in [6.07, 6.45) is 0. The van der Waals surface area contributed by atoms with Crippen LogP contribution in [0.2, 0.25) is 0 Å². The summed E-state index contributed by atoms with van der Waals surface area (Å²) in [6.45, 7) is 8.15. The van der Waals surface area contributed by atoms with Crippen molar-refractivity contribution in [1.82, 2.24) is 15.0 Å². The zero-order chi connectivity index (χ0) is 18.7. The minimum Gasteiger partial charge on any atom is -0.360 e. The molecule has 0 aliphatic carbocycles. The Bertz CT molecular complexity index is 772. The van der Waals surface area contributed by atoms with Gasteiger partial charge in [-0.25, -0.2) is 0 Å². The van der Waals surface area contributed by atoms with E-state index in [1.165, 1.54) is 0 Å². The van der Waals surface area contributed by atoms with E-state index < -0.39 is 0 Å². The fourth-order valence-corrected chi connectivity index (χ4v) is 4.16. The van der Waals surface area contributed by atoms with E-state index in [-0.39, 0.29) is 11.9 Å². The van der Waals surface area contributed by atoms with E-state index in [4.69, 9.17) is 4.52 Å². The van der Waals surface area contributed by atoms with Crippen LogP contribution in [0, 0.1) is 6.92 Å². The Balaban J connectivity index is 1.51. The normalized spacial score (nSPS) is 17.2. The molecule has 8 heteroatoms. The Kier molecular flexibility index (Phi) is 6.50. The van der Waals surface area contributed by atoms with E-state index >= 15 is 0 Å². The average Bonchev–Trinajstić information content (AvgIpc) is 3.02. The highest BCUT2D eigenvalue weighted by Crippen LogP contribution is 2.26. The molecule has 2 aromatic rings. The summed E-state index contributed by atoms with van der Waals surface area (Å²) in [5.41, 5.74) is 1.69. The molecule has 1 aromatic heterocycles. The van der Waals surface area contributed by atoms with Crippen LogP contribution in [0.1, 0.15) is 18.4 Å². The summed E-state index contributed by atoms with van der Waals surface area (Å²) in [4.78, 5) is 17.1. The number of aryl methyl sites for hydroxylation is 1. The molecule has 1 aliphatic rings. The number of nitrogens with one attached hydrogen (secondary N) is 1. The van der Waals surface area contributed by atoms with Crippen LogP contribution in [0.15, 0.2) is 37.7 Å². The van der Waals surface area contributed by atoms with Crippen LogP contribution in [0.25, 0.3) is 0 Å². The number of anilines is 1. The van der Waals surface area contributed by atoms with Crippen LogP contribution < -0.4 is 5.32 Å². The minimum absolute atomic E-state index is 0.00679. The molecule has 1 unspecified atom stereocenters. The van der Waals surface area contributed by atoms with Crippen molar-refractivity contribution in [1.29, 1.82) is 0 Å². The molecule has 0 saturated carbocycles. The lowest BCUT2D eigenvalue weighted by Crippen LogP contribution is -2.52. The maximum Gasteiger partial charge on any atom is 0.241 e. The smallest absolute Gasteiger partial charge is 0.241 e. The molecule has 1 amide bonds. The first-order valence-electron chi connectivity index (χ1n) is 8.57. The zero-order valence-corrected chi connectivity index (χ0v) is 18.0. The molecule has 140 valence electrons. The number of benzene rings is 1. The van der Waals surface area contributed by atoms with Crippen molar-refractivity contribution in [2.75, 3.05) is 31.5 Å². The largest absolute Gasteiger partial charge is 0.360 e. The maximum atomic E-state index is 12.6. The molecule has 3 rings (SSSR count). The van der Waals surface area contributed by atoms with Crippen LogP contribution in [-0.4, -0.2) is 53.1 Å². The Morgan fingerprint density at radius 2 is 2.00 bits per heavy atom. The highest BCUT2D eigenvalue weighted by Gasteiger charge is 2.26. The van der Waals surface area contributed by atoms with E-state index in [1.54, 1.807) is 0 Å². The summed E-state index contributed by atoms with van der Waals surface area (Å²) in [7, 11) is 0. The van der Waals surface area contributed by atoms with Gasteiger partial charge in [-0.05, 0) is 48.0 Å². The van der Waals surface area contributed by atoms with Gasteiger partial charge in [0.1, 0.15) is 0 Å². The fraction of sp³-hybridized carbons (Fsp3) is 0.444. The standard InChI is InChI=1S/C18H22Br2N4O2/c1-12-9-15(26-22-12)11-23-5-7-24(8-6-23)13(2)18(25)21-17-4-3-14(19)10-16(17)20/h3-4,9-10,13H,5-8,11H2,1-2H3,(H,21,25). The predicted octanol–water partition coefficient (Wildman–Crippen LogP) is 3.65. The molecule has 26 heavy (non-hydrogen) atoms. The minimum atomic E-state index is -0.180. The van der Waals surface area contributed by atoms with E-state index in [1.807, 2.05) is 38.1 Å².